The van der Waals surface area contributed by atoms with Gasteiger partial charge in [0, 0.05) is 0 Å². The average Bonchev–Trinajstić information content (AvgIpc) is 2.71. The molecule has 0 aliphatic heterocycles. The second kappa shape index (κ2) is 9.27. The topological polar surface area (TPSA) is 43.4 Å². The molecule has 0 aromatic heterocycles. The van der Waals surface area contributed by atoms with Crippen molar-refractivity contribution in [2.75, 3.05) is 0 Å². The average molecular weight is 565 g/mol. The first-order valence-electron chi connectivity index (χ1n) is 10.7. The third kappa shape index (κ3) is 6.00. The van der Waals surface area contributed by atoms with Crippen LogP contribution in [0.5, 0.6) is 0 Å². The van der Waals surface area contributed by atoms with Crippen LogP contribution in [-0.2, 0) is 23.5 Å². The molecule has 0 saturated carbocycles. The van der Waals surface area contributed by atoms with Crippen molar-refractivity contribution in [2.24, 2.45) is 0 Å². The number of hydrogen-bond acceptors (Lipinski definition) is 3. The second-order valence-electron chi connectivity index (χ2n) is 10.1. The molecule has 3 aromatic carbocycles. The van der Waals surface area contributed by atoms with Gasteiger partial charge in [-0.05, 0) is 0 Å². The van der Waals surface area contributed by atoms with E-state index in [2.05, 4.69) is 65.8 Å². The summed E-state index contributed by atoms with van der Waals surface area (Å²) in [5, 5.41) is 0. The molecule has 0 N–H and O–H groups in total. The molecule has 3 rings (SSSR count). The van der Waals surface area contributed by atoms with Crippen LogP contribution in [0.15, 0.2) is 77.7 Å². The van der Waals surface area contributed by atoms with Crippen molar-refractivity contribution >= 4 is 30.4 Å². The van der Waals surface area contributed by atoms with Gasteiger partial charge in [-0.15, -0.1) is 0 Å². The first kappa shape index (κ1) is 24.9. The Hall–Kier alpha value is -1.70. The van der Waals surface area contributed by atoms with Crippen LogP contribution < -0.4 is 0 Å². The third-order valence-corrected chi connectivity index (χ3v) is 12.6. The molecule has 0 radical (unpaired) electrons. The van der Waals surface area contributed by atoms with E-state index in [0.29, 0.717) is 0 Å². The Kier molecular flexibility index (Phi) is 7.23. The zero-order valence-electron chi connectivity index (χ0n) is 19.9. The molecule has 0 heterocycles. The van der Waals surface area contributed by atoms with Crippen LogP contribution in [0.4, 0.5) is 0 Å². The molecule has 0 amide bonds. The summed E-state index contributed by atoms with van der Waals surface area (Å²) in [4.78, 5) is 0.197. The Morgan fingerprint density at radius 1 is 0.625 bits per heavy atom. The second-order valence-corrected chi connectivity index (χ2v) is 16.6. The number of aryl methyl sites for hydroxylation is 1. The van der Waals surface area contributed by atoms with Crippen molar-refractivity contribution in [3.8, 4) is 0 Å². The molecule has 3 aromatic rings. The van der Waals surface area contributed by atoms with Gasteiger partial charge in [0.05, 0.1) is 0 Å². The van der Waals surface area contributed by atoms with E-state index in [1.807, 2.05) is 31.2 Å². The predicted molar refractivity (Wildman–Crippen MR) is 141 cm³/mol. The van der Waals surface area contributed by atoms with E-state index in [1.54, 1.807) is 24.3 Å². The normalized spacial score (nSPS) is 13.2. The fourth-order valence-electron chi connectivity index (χ4n) is 3.15. The van der Waals surface area contributed by atoms with E-state index >= 15 is 0 Å². The Bertz CT molecular complexity index is 1090. The summed E-state index contributed by atoms with van der Waals surface area (Å²) in [6, 6.07) is 23.3. The van der Waals surface area contributed by atoms with Crippen molar-refractivity contribution in [1.82, 2.24) is 0 Å². The minimum absolute atomic E-state index is 0.0285. The molecule has 172 valence electrons. The number of rotatable bonds is 5. The molecule has 0 atom stereocenters. The Morgan fingerprint density at radius 3 is 1.34 bits per heavy atom. The van der Waals surface area contributed by atoms with Gasteiger partial charge in [-0.2, -0.15) is 0 Å². The van der Waals surface area contributed by atoms with Gasteiger partial charge >= 0.3 is 202 Å². The van der Waals surface area contributed by atoms with Gasteiger partial charge in [0.2, 0.25) is 0 Å². The van der Waals surface area contributed by atoms with Gasteiger partial charge in [0.25, 0.3) is 0 Å². The van der Waals surface area contributed by atoms with Crippen molar-refractivity contribution in [3.63, 3.8) is 0 Å². The molecule has 0 spiro atoms. The molecule has 5 heteroatoms. The maximum absolute atomic E-state index is 13.2. The summed E-state index contributed by atoms with van der Waals surface area (Å²) in [5.41, 5.74) is 3.49. The molecule has 32 heavy (non-hydrogen) atoms. The summed E-state index contributed by atoms with van der Waals surface area (Å²) < 4.78 is 34.3. The van der Waals surface area contributed by atoms with E-state index in [-0.39, 0.29) is 15.7 Å². The molecule has 0 unspecified atom stereocenters. The minimum atomic E-state index is -3.88. The van der Waals surface area contributed by atoms with Gasteiger partial charge in [0.1, 0.15) is 0 Å². The summed E-state index contributed by atoms with van der Waals surface area (Å²) >= 11 is -2.72. The van der Waals surface area contributed by atoms with Crippen LogP contribution in [0.1, 0.15) is 58.2 Å². The summed E-state index contributed by atoms with van der Waals surface area (Å²) in [6.45, 7) is 14.9. The molecular weight excluding hydrogens is 531 g/mol. The van der Waals surface area contributed by atoms with Crippen molar-refractivity contribution in [2.45, 2.75) is 64.2 Å². The van der Waals surface area contributed by atoms with Crippen LogP contribution in [0.25, 0.3) is 0 Å². The molecule has 0 bridgehead atoms. The number of hydrogen-bond donors (Lipinski definition) is 0. The molecule has 0 saturated heterocycles. The monoisotopic (exact) mass is 564 g/mol. The quantitative estimate of drug-likeness (QED) is 0.302. The Balaban J connectivity index is 2.04. The summed E-state index contributed by atoms with van der Waals surface area (Å²) in [6.07, 6.45) is 0. The fourth-order valence-corrected chi connectivity index (χ4v) is 10.0. The first-order valence-corrected chi connectivity index (χ1v) is 15.1. The Labute approximate surface area is 201 Å². The Morgan fingerprint density at radius 2 is 1.00 bits per heavy atom. The van der Waals surface area contributed by atoms with E-state index < -0.39 is 30.4 Å². The summed E-state index contributed by atoms with van der Waals surface area (Å²) in [5.74, 6) is 0. The van der Waals surface area contributed by atoms with Crippen LogP contribution in [-0.4, -0.2) is 8.42 Å². The van der Waals surface area contributed by atoms with Crippen molar-refractivity contribution in [3.05, 3.63) is 96.6 Å². The van der Waals surface area contributed by atoms with Crippen LogP contribution in [0.3, 0.4) is 0 Å². The first-order chi connectivity index (χ1) is 14.8. The van der Waals surface area contributed by atoms with E-state index in [1.165, 1.54) is 11.1 Å². The maximum atomic E-state index is 13.2. The zero-order chi connectivity index (χ0) is 23.7. The molecular formula is C27H33IO3S. The van der Waals surface area contributed by atoms with Gasteiger partial charge in [0.15, 0.2) is 0 Å². The molecule has 0 aliphatic carbocycles. The van der Waals surface area contributed by atoms with Gasteiger partial charge in [-0.3, -0.25) is 0 Å². The van der Waals surface area contributed by atoms with E-state index in [4.69, 9.17) is 2.51 Å². The predicted octanol–water partition coefficient (Wildman–Crippen LogP) is 7.46. The number of halogens is 1. The van der Waals surface area contributed by atoms with Crippen LogP contribution in [0.2, 0.25) is 0 Å². The van der Waals surface area contributed by atoms with Gasteiger partial charge < -0.3 is 0 Å². The molecule has 0 fully saturated rings. The molecule has 0 aliphatic rings. The van der Waals surface area contributed by atoms with Crippen LogP contribution in [0, 0.1) is 14.1 Å². The van der Waals surface area contributed by atoms with E-state index in [0.717, 1.165) is 12.7 Å². The van der Waals surface area contributed by atoms with E-state index in [9.17, 15) is 8.42 Å². The summed E-state index contributed by atoms with van der Waals surface area (Å²) in [7, 11) is -3.88. The van der Waals surface area contributed by atoms with Gasteiger partial charge in [-0.25, -0.2) is 0 Å². The van der Waals surface area contributed by atoms with Crippen LogP contribution >= 0.6 is 20.2 Å². The standard InChI is InChI=1S/C27H33IO3S/c1-20-8-18-25(19-9-20)32(29,30)31-28(23-14-10-21(11-15-23)26(2,3)4)24-16-12-22(13-17-24)27(5,6)7/h8-19H,1-7H3. The zero-order valence-corrected chi connectivity index (χ0v) is 22.9. The van der Waals surface area contributed by atoms with Gasteiger partial charge in [-0.1, -0.05) is 0 Å². The fraction of sp³-hybridized carbons (Fsp3) is 0.333. The molecule has 3 nitrogen and oxygen atoms in total. The third-order valence-electron chi connectivity index (χ3n) is 5.27. The van der Waals surface area contributed by atoms with Crippen molar-refractivity contribution < 1.29 is 10.9 Å². The SMILES string of the molecule is Cc1ccc(S(=O)(=O)OI(c2ccc(C(C)(C)C)cc2)c2ccc(C(C)(C)C)cc2)cc1. The van der Waals surface area contributed by atoms with Crippen molar-refractivity contribution in [1.29, 1.82) is 0 Å². The number of benzene rings is 3.